The topological polar surface area (TPSA) is 24.5 Å². The number of hydrogen-bond acceptors (Lipinski definition) is 3. The summed E-state index contributed by atoms with van der Waals surface area (Å²) >= 11 is 2.42. The molecule has 0 radical (unpaired) electrons. The van der Waals surface area contributed by atoms with Crippen LogP contribution in [0.3, 0.4) is 0 Å². The first-order chi connectivity index (χ1) is 9.84. The highest BCUT2D eigenvalue weighted by Crippen LogP contribution is 2.35. The highest BCUT2D eigenvalue weighted by atomic mass is 127. The summed E-state index contributed by atoms with van der Waals surface area (Å²) in [4.78, 5) is 2.68. The molecule has 1 aromatic rings. The predicted molar refractivity (Wildman–Crippen MR) is 104 cm³/mol. The Bertz CT molecular complexity index is 420. The summed E-state index contributed by atoms with van der Waals surface area (Å²) < 4.78 is 6.90. The summed E-state index contributed by atoms with van der Waals surface area (Å²) in [7, 11) is 0. The van der Waals surface area contributed by atoms with Crippen LogP contribution in [0.4, 0.5) is 0 Å². The van der Waals surface area contributed by atoms with Gasteiger partial charge in [0.1, 0.15) is 0 Å². The molecule has 126 valence electrons. The van der Waals surface area contributed by atoms with E-state index in [1.54, 1.807) is 0 Å². The third-order valence-electron chi connectivity index (χ3n) is 4.45. The van der Waals surface area contributed by atoms with E-state index in [0.29, 0.717) is 6.04 Å². The molecule has 0 aromatic heterocycles. The number of halogens is 3. The molecular weight excluding hydrogens is 434 g/mol. The molecule has 2 fully saturated rings. The largest absolute Gasteiger partial charge is 0.381 e. The van der Waals surface area contributed by atoms with E-state index in [9.17, 15) is 0 Å². The fourth-order valence-electron chi connectivity index (χ4n) is 3.46. The van der Waals surface area contributed by atoms with Crippen LogP contribution in [-0.4, -0.2) is 44.3 Å². The first kappa shape index (κ1) is 20.5. The summed E-state index contributed by atoms with van der Waals surface area (Å²) in [5.41, 5.74) is 1.49. The molecule has 0 amide bonds. The lowest BCUT2D eigenvalue weighted by Gasteiger charge is -2.41. The molecule has 0 unspecified atom stereocenters. The van der Waals surface area contributed by atoms with Crippen molar-refractivity contribution in [1.29, 1.82) is 0 Å². The zero-order valence-electron chi connectivity index (χ0n) is 12.7. The van der Waals surface area contributed by atoms with Crippen LogP contribution in [0.15, 0.2) is 24.3 Å². The van der Waals surface area contributed by atoms with E-state index in [2.05, 4.69) is 57.1 Å². The Kier molecular flexibility index (Phi) is 9.59. The molecule has 2 aliphatic rings. The van der Waals surface area contributed by atoms with Gasteiger partial charge in [-0.2, -0.15) is 0 Å². The van der Waals surface area contributed by atoms with E-state index in [4.69, 9.17) is 4.74 Å². The van der Waals surface area contributed by atoms with Gasteiger partial charge in [-0.15, -0.1) is 24.8 Å². The van der Waals surface area contributed by atoms with Crippen molar-refractivity contribution in [2.45, 2.75) is 18.9 Å². The fourth-order valence-corrected chi connectivity index (χ4v) is 4.03. The van der Waals surface area contributed by atoms with Gasteiger partial charge in [-0.05, 0) is 59.0 Å². The van der Waals surface area contributed by atoms with Crippen LogP contribution < -0.4 is 5.32 Å². The van der Waals surface area contributed by atoms with E-state index in [1.807, 2.05) is 0 Å². The maximum absolute atomic E-state index is 5.56. The summed E-state index contributed by atoms with van der Waals surface area (Å²) in [5.74, 6) is 0.736. The lowest BCUT2D eigenvalue weighted by atomic mass is 9.85. The Morgan fingerprint density at radius 1 is 1.14 bits per heavy atom. The third-order valence-corrected chi connectivity index (χ3v) is 5.12. The number of piperazine rings is 1. The molecule has 2 heterocycles. The molecule has 2 saturated heterocycles. The van der Waals surface area contributed by atoms with Gasteiger partial charge < -0.3 is 10.1 Å². The molecule has 1 aromatic carbocycles. The van der Waals surface area contributed by atoms with Gasteiger partial charge in [0.2, 0.25) is 0 Å². The average Bonchev–Trinajstić information content (AvgIpc) is 2.50. The number of benzene rings is 1. The van der Waals surface area contributed by atoms with Crippen LogP contribution >= 0.6 is 47.4 Å². The maximum Gasteiger partial charge on any atom is 0.0469 e. The van der Waals surface area contributed by atoms with Gasteiger partial charge in [0, 0.05) is 49.0 Å². The fraction of sp³-hybridized carbons (Fsp3) is 0.625. The second-order valence-corrected chi connectivity index (χ2v) is 6.98. The highest BCUT2D eigenvalue weighted by Gasteiger charge is 2.31. The van der Waals surface area contributed by atoms with Gasteiger partial charge in [-0.3, -0.25) is 4.90 Å². The Labute approximate surface area is 159 Å². The van der Waals surface area contributed by atoms with Gasteiger partial charge in [0.15, 0.2) is 0 Å². The van der Waals surface area contributed by atoms with E-state index >= 15 is 0 Å². The molecule has 6 heteroatoms. The van der Waals surface area contributed by atoms with Crippen molar-refractivity contribution in [3.05, 3.63) is 33.4 Å². The molecule has 1 atom stereocenters. The van der Waals surface area contributed by atoms with Gasteiger partial charge in [0.05, 0.1) is 0 Å². The second kappa shape index (κ2) is 10.3. The minimum Gasteiger partial charge on any atom is -0.381 e. The van der Waals surface area contributed by atoms with E-state index in [1.165, 1.54) is 22.0 Å². The summed E-state index contributed by atoms with van der Waals surface area (Å²) in [6.07, 6.45) is 2.39. The van der Waals surface area contributed by atoms with Crippen LogP contribution in [0, 0.1) is 9.49 Å². The minimum atomic E-state index is 0. The molecule has 3 rings (SSSR count). The number of nitrogens with one attached hydrogen (secondary N) is 1. The molecule has 3 nitrogen and oxygen atoms in total. The third kappa shape index (κ3) is 5.21. The highest BCUT2D eigenvalue weighted by molar-refractivity contribution is 14.1. The summed E-state index contributed by atoms with van der Waals surface area (Å²) in [5, 5.41) is 3.47. The van der Waals surface area contributed by atoms with E-state index in [-0.39, 0.29) is 24.8 Å². The van der Waals surface area contributed by atoms with Crippen molar-refractivity contribution in [2.24, 2.45) is 5.92 Å². The molecular formula is C16H25Cl2IN2O. The average molecular weight is 459 g/mol. The van der Waals surface area contributed by atoms with Gasteiger partial charge >= 0.3 is 0 Å². The lowest BCUT2D eigenvalue weighted by molar-refractivity contribution is 0.0213. The maximum atomic E-state index is 5.56. The summed E-state index contributed by atoms with van der Waals surface area (Å²) in [6, 6.07) is 9.62. The van der Waals surface area contributed by atoms with E-state index < -0.39 is 0 Å². The van der Waals surface area contributed by atoms with Crippen LogP contribution in [0.2, 0.25) is 0 Å². The van der Waals surface area contributed by atoms with Crippen LogP contribution in [0.25, 0.3) is 0 Å². The number of hydrogen-bond donors (Lipinski definition) is 1. The molecule has 0 aliphatic carbocycles. The SMILES string of the molecule is Cl.Cl.Ic1cccc([C@@H](C2CCOCC2)N2CCNCC2)c1. The zero-order valence-corrected chi connectivity index (χ0v) is 16.5. The Balaban J connectivity index is 0.00000121. The van der Waals surface area contributed by atoms with Gasteiger partial charge in [-0.1, -0.05) is 12.1 Å². The Morgan fingerprint density at radius 3 is 2.45 bits per heavy atom. The number of nitrogens with zero attached hydrogens (tertiary/aromatic N) is 1. The van der Waals surface area contributed by atoms with Crippen LogP contribution in [0.5, 0.6) is 0 Å². The quantitative estimate of drug-likeness (QED) is 0.701. The molecule has 0 saturated carbocycles. The van der Waals surface area contributed by atoms with Crippen molar-refractivity contribution in [3.63, 3.8) is 0 Å². The lowest BCUT2D eigenvalue weighted by Crippen LogP contribution is -2.47. The smallest absolute Gasteiger partial charge is 0.0469 e. The molecule has 1 N–H and O–H groups in total. The summed E-state index contributed by atoms with van der Waals surface area (Å²) in [6.45, 7) is 6.41. The first-order valence-electron chi connectivity index (χ1n) is 7.62. The van der Waals surface area contributed by atoms with Gasteiger partial charge in [0.25, 0.3) is 0 Å². The van der Waals surface area contributed by atoms with Crippen molar-refractivity contribution in [3.8, 4) is 0 Å². The normalized spacial score (nSPS) is 21.5. The molecule has 2 aliphatic heterocycles. The monoisotopic (exact) mass is 458 g/mol. The van der Waals surface area contributed by atoms with E-state index in [0.717, 1.165) is 45.3 Å². The zero-order chi connectivity index (χ0) is 13.8. The minimum absolute atomic E-state index is 0. The predicted octanol–water partition coefficient (Wildman–Crippen LogP) is 3.51. The second-order valence-electron chi connectivity index (χ2n) is 5.74. The first-order valence-corrected chi connectivity index (χ1v) is 8.70. The Morgan fingerprint density at radius 2 is 1.82 bits per heavy atom. The van der Waals surface area contributed by atoms with Crippen LogP contribution in [-0.2, 0) is 4.74 Å². The van der Waals surface area contributed by atoms with Crippen LogP contribution in [0.1, 0.15) is 24.4 Å². The van der Waals surface area contributed by atoms with Crippen molar-refractivity contribution in [1.82, 2.24) is 10.2 Å². The number of rotatable bonds is 3. The standard InChI is InChI=1S/C16H23IN2O.2ClH/c17-15-3-1-2-14(12-15)16(13-4-10-20-11-5-13)19-8-6-18-7-9-19;;/h1-3,12-13,16,18H,4-11H2;2*1H/t16-;;/m1../s1. The Hall–Kier alpha value is 0.410. The number of ether oxygens (including phenoxy) is 1. The van der Waals surface area contributed by atoms with Crippen molar-refractivity contribution >= 4 is 47.4 Å². The van der Waals surface area contributed by atoms with Crippen molar-refractivity contribution in [2.75, 3.05) is 39.4 Å². The molecule has 22 heavy (non-hydrogen) atoms. The van der Waals surface area contributed by atoms with Gasteiger partial charge in [-0.25, -0.2) is 0 Å². The molecule has 0 bridgehead atoms. The van der Waals surface area contributed by atoms with Crippen molar-refractivity contribution < 1.29 is 4.74 Å². The molecule has 0 spiro atoms.